The predicted octanol–water partition coefficient (Wildman–Crippen LogP) is 1.69. The summed E-state index contributed by atoms with van der Waals surface area (Å²) in [6, 6.07) is 4.44. The highest BCUT2D eigenvalue weighted by Gasteiger charge is 2.19. The van der Waals surface area contributed by atoms with E-state index < -0.39 is 11.9 Å². The summed E-state index contributed by atoms with van der Waals surface area (Å²) in [5.74, 6) is -1.82. The molecule has 0 radical (unpaired) electrons. The van der Waals surface area contributed by atoms with Gasteiger partial charge in [-0.05, 0) is 18.6 Å². The highest BCUT2D eigenvalue weighted by Crippen LogP contribution is 2.22. The van der Waals surface area contributed by atoms with Crippen molar-refractivity contribution >= 4 is 34.5 Å². The molecule has 3 N–H and O–H groups in total. The number of alkyl halides is 1. The molecule has 0 aliphatic heterocycles. The Bertz CT molecular complexity index is 433. The van der Waals surface area contributed by atoms with Gasteiger partial charge in [0.25, 0.3) is 0 Å². The predicted molar refractivity (Wildman–Crippen MR) is 70.9 cm³/mol. The second kappa shape index (κ2) is 6.43. The molecule has 0 bridgehead atoms. The van der Waals surface area contributed by atoms with Gasteiger partial charge >= 0.3 is 5.97 Å². The largest absolute Gasteiger partial charge is 0.493 e. The van der Waals surface area contributed by atoms with Gasteiger partial charge in [0.15, 0.2) is 0 Å². The van der Waals surface area contributed by atoms with E-state index in [9.17, 15) is 9.59 Å². The summed E-state index contributed by atoms with van der Waals surface area (Å²) in [5.41, 5.74) is 4.91. The van der Waals surface area contributed by atoms with Crippen LogP contribution in [0.3, 0.4) is 0 Å². The third-order valence-electron chi connectivity index (χ3n) is 2.04. The zero-order valence-corrected chi connectivity index (χ0v) is 11.1. The number of aromatic carboxylic acids is 1. The molecule has 0 atom stereocenters. The van der Waals surface area contributed by atoms with Crippen LogP contribution in [0.2, 0.25) is 0 Å². The van der Waals surface area contributed by atoms with Crippen molar-refractivity contribution in [2.75, 3.05) is 11.0 Å². The molecule has 0 unspecified atom stereocenters. The van der Waals surface area contributed by atoms with Crippen molar-refractivity contribution < 1.29 is 19.4 Å². The van der Waals surface area contributed by atoms with Crippen LogP contribution in [0.5, 0.6) is 5.75 Å². The molecule has 0 aromatic heterocycles. The summed E-state index contributed by atoms with van der Waals surface area (Å²) in [6.07, 6.45) is 0.806. The monoisotopic (exact) mass is 349 g/mol. The number of benzene rings is 1. The number of rotatable bonds is 6. The number of hydrogen-bond acceptors (Lipinski definition) is 3. The van der Waals surface area contributed by atoms with E-state index in [0.717, 1.165) is 10.8 Å². The lowest BCUT2D eigenvalue weighted by atomic mass is 10.1. The Hall–Kier alpha value is -1.31. The van der Waals surface area contributed by atoms with E-state index in [-0.39, 0.29) is 16.9 Å². The Balaban J connectivity index is 3.07. The van der Waals surface area contributed by atoms with E-state index in [0.29, 0.717) is 6.61 Å². The number of halogens is 1. The molecule has 1 aromatic carbocycles. The molecule has 0 fully saturated rings. The highest BCUT2D eigenvalue weighted by molar-refractivity contribution is 14.1. The van der Waals surface area contributed by atoms with Crippen LogP contribution in [0.15, 0.2) is 18.2 Å². The minimum Gasteiger partial charge on any atom is -0.493 e. The Kier molecular flexibility index (Phi) is 5.20. The molecular formula is C11H12INO4. The zero-order chi connectivity index (χ0) is 12.8. The molecule has 1 amide bonds. The van der Waals surface area contributed by atoms with Crippen LogP contribution in [0.1, 0.15) is 27.1 Å². The van der Waals surface area contributed by atoms with Gasteiger partial charge in [0, 0.05) is 4.43 Å². The number of carbonyl (C=O) groups excluding carboxylic acids is 1. The van der Waals surface area contributed by atoms with E-state index in [1.807, 2.05) is 0 Å². The van der Waals surface area contributed by atoms with E-state index in [1.165, 1.54) is 12.1 Å². The van der Waals surface area contributed by atoms with Gasteiger partial charge in [-0.1, -0.05) is 28.7 Å². The first-order valence-corrected chi connectivity index (χ1v) is 6.45. The summed E-state index contributed by atoms with van der Waals surface area (Å²) in [4.78, 5) is 22.2. The third-order valence-corrected chi connectivity index (χ3v) is 2.80. The minimum atomic E-state index is -1.22. The van der Waals surface area contributed by atoms with Gasteiger partial charge < -0.3 is 15.6 Å². The summed E-state index contributed by atoms with van der Waals surface area (Å²) < 4.78 is 6.25. The first kappa shape index (κ1) is 13.8. The number of nitrogens with two attached hydrogens (primary N) is 1. The lowest BCUT2D eigenvalue weighted by molar-refractivity contribution is 0.0687. The van der Waals surface area contributed by atoms with Crippen molar-refractivity contribution in [3.8, 4) is 5.75 Å². The van der Waals surface area contributed by atoms with Crippen LogP contribution in [0.4, 0.5) is 0 Å². The van der Waals surface area contributed by atoms with Crippen LogP contribution in [-0.4, -0.2) is 28.0 Å². The van der Waals surface area contributed by atoms with Gasteiger partial charge in [-0.25, -0.2) is 4.79 Å². The third kappa shape index (κ3) is 3.58. The number of carboxylic acid groups (broad SMARTS) is 1. The fraction of sp³-hybridized carbons (Fsp3) is 0.273. The number of hydrogen-bond donors (Lipinski definition) is 2. The molecule has 0 heterocycles. The van der Waals surface area contributed by atoms with Crippen LogP contribution >= 0.6 is 22.6 Å². The standard InChI is InChI=1S/C11H12INO4/c12-5-2-6-17-8-4-1-3-7(10(13)14)9(8)11(15)16/h1,3-4H,2,5-6H2,(H2,13,14)(H,15,16). The van der Waals surface area contributed by atoms with Gasteiger partial charge in [-0.15, -0.1) is 0 Å². The number of carboxylic acids is 1. The number of amides is 1. The first-order chi connectivity index (χ1) is 8.07. The summed E-state index contributed by atoms with van der Waals surface area (Å²) >= 11 is 2.20. The Morgan fingerprint density at radius 2 is 2.12 bits per heavy atom. The van der Waals surface area contributed by atoms with E-state index >= 15 is 0 Å². The molecule has 0 aliphatic carbocycles. The normalized spacial score (nSPS) is 9.94. The van der Waals surface area contributed by atoms with E-state index in [4.69, 9.17) is 15.6 Å². The second-order valence-corrected chi connectivity index (χ2v) is 4.32. The lowest BCUT2D eigenvalue weighted by Gasteiger charge is -2.10. The van der Waals surface area contributed by atoms with Gasteiger partial charge in [-0.3, -0.25) is 4.79 Å². The lowest BCUT2D eigenvalue weighted by Crippen LogP contribution is -2.17. The first-order valence-electron chi connectivity index (χ1n) is 4.92. The highest BCUT2D eigenvalue weighted by atomic mass is 127. The molecule has 5 nitrogen and oxygen atoms in total. The Morgan fingerprint density at radius 1 is 1.41 bits per heavy atom. The van der Waals surface area contributed by atoms with Crippen molar-refractivity contribution in [1.29, 1.82) is 0 Å². The molecular weight excluding hydrogens is 337 g/mol. The number of carbonyl (C=O) groups is 2. The van der Waals surface area contributed by atoms with Gasteiger partial charge in [0.1, 0.15) is 11.3 Å². The smallest absolute Gasteiger partial charge is 0.340 e. The minimum absolute atomic E-state index is 0.0375. The molecule has 1 rings (SSSR count). The second-order valence-electron chi connectivity index (χ2n) is 3.24. The summed E-state index contributed by atoms with van der Waals surface area (Å²) in [6.45, 7) is 0.408. The molecule has 0 aliphatic rings. The average molecular weight is 349 g/mol. The SMILES string of the molecule is NC(=O)c1cccc(OCCCI)c1C(=O)O. The van der Waals surface area contributed by atoms with Gasteiger partial charge in [0.2, 0.25) is 5.91 Å². The Morgan fingerprint density at radius 3 is 2.65 bits per heavy atom. The van der Waals surface area contributed by atoms with E-state index in [2.05, 4.69) is 22.6 Å². The van der Waals surface area contributed by atoms with Crippen molar-refractivity contribution in [1.82, 2.24) is 0 Å². The van der Waals surface area contributed by atoms with Crippen LogP contribution in [0, 0.1) is 0 Å². The maximum Gasteiger partial charge on any atom is 0.340 e. The maximum atomic E-state index is 11.1. The summed E-state index contributed by atoms with van der Waals surface area (Å²) in [7, 11) is 0. The van der Waals surface area contributed by atoms with Crippen molar-refractivity contribution in [3.05, 3.63) is 29.3 Å². The Labute approximate surface area is 112 Å². The molecule has 0 saturated carbocycles. The summed E-state index contributed by atoms with van der Waals surface area (Å²) in [5, 5.41) is 9.06. The van der Waals surface area contributed by atoms with Crippen molar-refractivity contribution in [2.24, 2.45) is 5.73 Å². The van der Waals surface area contributed by atoms with Crippen LogP contribution in [0.25, 0.3) is 0 Å². The molecule has 0 saturated heterocycles. The van der Waals surface area contributed by atoms with Crippen LogP contribution in [-0.2, 0) is 0 Å². The fourth-order valence-electron chi connectivity index (χ4n) is 1.31. The van der Waals surface area contributed by atoms with Crippen molar-refractivity contribution in [2.45, 2.75) is 6.42 Å². The quantitative estimate of drug-likeness (QED) is 0.465. The molecule has 1 aromatic rings. The zero-order valence-electron chi connectivity index (χ0n) is 8.98. The van der Waals surface area contributed by atoms with Gasteiger partial charge in [-0.2, -0.15) is 0 Å². The van der Waals surface area contributed by atoms with Crippen LogP contribution < -0.4 is 10.5 Å². The molecule has 0 spiro atoms. The fourth-order valence-corrected chi connectivity index (χ4v) is 1.63. The number of primary amides is 1. The maximum absolute atomic E-state index is 11.1. The van der Waals surface area contributed by atoms with Crippen molar-refractivity contribution in [3.63, 3.8) is 0 Å². The average Bonchev–Trinajstić information content (AvgIpc) is 2.28. The van der Waals surface area contributed by atoms with Gasteiger partial charge in [0.05, 0.1) is 12.2 Å². The topological polar surface area (TPSA) is 89.6 Å². The number of ether oxygens (including phenoxy) is 1. The molecule has 6 heteroatoms. The molecule has 92 valence electrons. The molecule has 17 heavy (non-hydrogen) atoms. The van der Waals surface area contributed by atoms with E-state index in [1.54, 1.807) is 6.07 Å².